The van der Waals surface area contributed by atoms with Crippen LogP contribution in [0.3, 0.4) is 0 Å². The van der Waals surface area contributed by atoms with Crippen LogP contribution in [0, 0.1) is 16.0 Å². The van der Waals surface area contributed by atoms with Crippen molar-refractivity contribution in [2.24, 2.45) is 5.92 Å². The zero-order valence-electron chi connectivity index (χ0n) is 10.4. The third kappa shape index (κ3) is 4.75. The number of non-ortho nitro benzene ring substituents is 1. The van der Waals surface area contributed by atoms with Crippen molar-refractivity contribution in [1.82, 2.24) is 0 Å². The minimum Gasteiger partial charge on any atom is -0.481 e. The summed E-state index contributed by atoms with van der Waals surface area (Å²) >= 11 is 5.90. The van der Waals surface area contributed by atoms with E-state index in [9.17, 15) is 14.9 Å². The second kappa shape index (κ2) is 6.94. The Kier molecular flexibility index (Phi) is 5.57. The first-order valence-corrected chi connectivity index (χ1v) is 6.20. The van der Waals surface area contributed by atoms with Crippen LogP contribution in [0.1, 0.15) is 19.8 Å². The fourth-order valence-corrected chi connectivity index (χ4v) is 1.76. The van der Waals surface area contributed by atoms with Gasteiger partial charge in [-0.2, -0.15) is 0 Å². The highest BCUT2D eigenvalue weighted by Gasteiger charge is 2.11. The summed E-state index contributed by atoms with van der Waals surface area (Å²) in [7, 11) is 0. The maximum absolute atomic E-state index is 10.6. The second-order valence-corrected chi connectivity index (χ2v) is 4.64. The van der Waals surface area contributed by atoms with Crippen LogP contribution < -0.4 is 5.32 Å². The second-order valence-electron chi connectivity index (χ2n) is 4.23. The zero-order chi connectivity index (χ0) is 14.4. The highest BCUT2D eigenvalue weighted by Crippen LogP contribution is 2.26. The third-order valence-electron chi connectivity index (χ3n) is 2.71. The molecule has 0 aromatic heterocycles. The van der Waals surface area contributed by atoms with Crippen LogP contribution in [0.5, 0.6) is 0 Å². The number of nitro groups is 1. The number of benzene rings is 1. The minimum absolute atomic E-state index is 0.0601. The molecule has 0 aliphatic carbocycles. The molecule has 1 aromatic carbocycles. The fourth-order valence-electron chi connectivity index (χ4n) is 1.52. The molecule has 0 saturated carbocycles. The number of rotatable bonds is 7. The SMILES string of the molecule is CC(CCCNc1ccc([N+](=O)[O-])cc1Cl)C(=O)O. The van der Waals surface area contributed by atoms with Crippen molar-refractivity contribution < 1.29 is 14.8 Å². The van der Waals surface area contributed by atoms with Gasteiger partial charge >= 0.3 is 5.97 Å². The fraction of sp³-hybridized carbons (Fsp3) is 0.417. The van der Waals surface area contributed by atoms with Crippen LogP contribution in [0.15, 0.2) is 18.2 Å². The number of halogens is 1. The van der Waals surface area contributed by atoms with Gasteiger partial charge in [-0.1, -0.05) is 18.5 Å². The smallest absolute Gasteiger partial charge is 0.306 e. The van der Waals surface area contributed by atoms with Gasteiger partial charge in [-0.25, -0.2) is 0 Å². The van der Waals surface area contributed by atoms with Gasteiger partial charge in [0.05, 0.1) is 21.6 Å². The van der Waals surface area contributed by atoms with E-state index in [2.05, 4.69) is 5.32 Å². The number of carbonyl (C=O) groups is 1. The van der Waals surface area contributed by atoms with Gasteiger partial charge < -0.3 is 10.4 Å². The number of nitro benzene ring substituents is 1. The van der Waals surface area contributed by atoms with Gasteiger partial charge in [0, 0.05) is 18.7 Å². The predicted octanol–water partition coefficient (Wildman–Crippen LogP) is 3.16. The summed E-state index contributed by atoms with van der Waals surface area (Å²) in [6.45, 7) is 2.22. The minimum atomic E-state index is -0.812. The number of aliphatic carboxylic acids is 1. The van der Waals surface area contributed by atoms with Crippen LogP contribution in [0.4, 0.5) is 11.4 Å². The quantitative estimate of drug-likeness (QED) is 0.456. The topological polar surface area (TPSA) is 92.5 Å². The Morgan fingerprint density at radius 2 is 2.26 bits per heavy atom. The summed E-state index contributed by atoms with van der Waals surface area (Å²) in [6.07, 6.45) is 1.24. The highest BCUT2D eigenvalue weighted by molar-refractivity contribution is 6.33. The normalized spacial score (nSPS) is 11.9. The van der Waals surface area contributed by atoms with Gasteiger partial charge in [0.2, 0.25) is 0 Å². The molecule has 0 amide bonds. The Balaban J connectivity index is 2.46. The number of hydrogen-bond acceptors (Lipinski definition) is 4. The molecular formula is C12H15ClN2O4. The maximum Gasteiger partial charge on any atom is 0.306 e. The third-order valence-corrected chi connectivity index (χ3v) is 3.03. The zero-order valence-corrected chi connectivity index (χ0v) is 11.2. The Hall–Kier alpha value is -1.82. The van der Waals surface area contributed by atoms with E-state index in [4.69, 9.17) is 16.7 Å². The van der Waals surface area contributed by atoms with Crippen LogP contribution in [0.2, 0.25) is 5.02 Å². The molecule has 0 radical (unpaired) electrons. The number of nitrogens with one attached hydrogen (secondary N) is 1. The van der Waals surface area contributed by atoms with Crippen molar-refractivity contribution in [3.63, 3.8) is 0 Å². The lowest BCUT2D eigenvalue weighted by atomic mass is 10.1. The van der Waals surface area contributed by atoms with E-state index in [-0.39, 0.29) is 16.6 Å². The summed E-state index contributed by atoms with van der Waals surface area (Å²) in [4.78, 5) is 20.6. The molecule has 0 heterocycles. The monoisotopic (exact) mass is 286 g/mol. The van der Waals surface area contributed by atoms with Crippen LogP contribution >= 0.6 is 11.6 Å². The molecule has 1 unspecified atom stereocenters. The standard InChI is InChI=1S/C12H15ClN2O4/c1-8(12(16)17)3-2-6-14-11-5-4-9(15(18)19)7-10(11)13/h4-5,7-8,14H,2-3,6H2,1H3,(H,16,17). The summed E-state index contributed by atoms with van der Waals surface area (Å²) in [5.74, 6) is -1.19. The molecule has 19 heavy (non-hydrogen) atoms. The largest absolute Gasteiger partial charge is 0.481 e. The first kappa shape index (κ1) is 15.2. The van der Waals surface area contributed by atoms with Crippen molar-refractivity contribution in [2.45, 2.75) is 19.8 Å². The molecule has 104 valence electrons. The molecule has 1 rings (SSSR count). The molecule has 0 saturated heterocycles. The van der Waals surface area contributed by atoms with Gasteiger partial charge in [-0.05, 0) is 18.9 Å². The van der Waals surface area contributed by atoms with E-state index in [1.165, 1.54) is 12.1 Å². The Labute approximate surface area is 115 Å². The lowest BCUT2D eigenvalue weighted by Crippen LogP contribution is -2.11. The summed E-state index contributed by atoms with van der Waals surface area (Å²) in [6, 6.07) is 4.19. The molecule has 0 aliphatic heterocycles. The summed E-state index contributed by atoms with van der Waals surface area (Å²) < 4.78 is 0. The Morgan fingerprint density at radius 3 is 2.79 bits per heavy atom. The highest BCUT2D eigenvalue weighted by atomic mass is 35.5. The molecular weight excluding hydrogens is 272 g/mol. The lowest BCUT2D eigenvalue weighted by Gasteiger charge is -2.09. The van der Waals surface area contributed by atoms with Crippen LogP contribution in [-0.2, 0) is 4.79 Å². The maximum atomic E-state index is 10.6. The molecule has 0 aliphatic rings. The van der Waals surface area contributed by atoms with Crippen molar-refractivity contribution in [3.05, 3.63) is 33.3 Å². The molecule has 0 fully saturated rings. The molecule has 0 spiro atoms. The molecule has 6 nitrogen and oxygen atoms in total. The van der Waals surface area contributed by atoms with Gasteiger partial charge in [0.1, 0.15) is 0 Å². The number of carboxylic acids is 1. The number of nitrogens with zero attached hydrogens (tertiary/aromatic N) is 1. The predicted molar refractivity (Wildman–Crippen MR) is 72.6 cm³/mol. The van der Waals surface area contributed by atoms with E-state index >= 15 is 0 Å². The van der Waals surface area contributed by atoms with Crippen LogP contribution in [0.25, 0.3) is 0 Å². The van der Waals surface area contributed by atoms with Crippen molar-refractivity contribution in [1.29, 1.82) is 0 Å². The van der Waals surface area contributed by atoms with Crippen molar-refractivity contribution >= 4 is 28.9 Å². The molecule has 7 heteroatoms. The Bertz CT molecular complexity index is 479. The van der Waals surface area contributed by atoms with Gasteiger partial charge in [-0.15, -0.1) is 0 Å². The molecule has 2 N–H and O–H groups in total. The van der Waals surface area contributed by atoms with Gasteiger partial charge in [0.25, 0.3) is 5.69 Å². The lowest BCUT2D eigenvalue weighted by molar-refractivity contribution is -0.384. The van der Waals surface area contributed by atoms with Gasteiger partial charge in [-0.3, -0.25) is 14.9 Å². The van der Waals surface area contributed by atoms with E-state index < -0.39 is 10.9 Å². The van der Waals surface area contributed by atoms with Crippen LogP contribution in [-0.4, -0.2) is 22.5 Å². The molecule has 0 bridgehead atoms. The van der Waals surface area contributed by atoms with Crippen molar-refractivity contribution in [3.8, 4) is 0 Å². The first-order valence-electron chi connectivity index (χ1n) is 5.82. The van der Waals surface area contributed by atoms with E-state index in [0.717, 1.165) is 0 Å². The average molecular weight is 287 g/mol. The van der Waals surface area contributed by atoms with E-state index in [0.29, 0.717) is 25.1 Å². The number of anilines is 1. The molecule has 1 aromatic rings. The number of hydrogen-bond donors (Lipinski definition) is 2. The Morgan fingerprint density at radius 1 is 1.58 bits per heavy atom. The molecule has 1 atom stereocenters. The summed E-state index contributed by atoms with van der Waals surface area (Å²) in [5.41, 5.74) is 0.547. The van der Waals surface area contributed by atoms with E-state index in [1.807, 2.05) is 0 Å². The average Bonchev–Trinajstić information content (AvgIpc) is 2.35. The summed E-state index contributed by atoms with van der Waals surface area (Å²) in [5, 5.41) is 22.6. The van der Waals surface area contributed by atoms with Gasteiger partial charge in [0.15, 0.2) is 0 Å². The van der Waals surface area contributed by atoms with Crippen molar-refractivity contribution in [2.75, 3.05) is 11.9 Å². The number of carboxylic acid groups (broad SMARTS) is 1. The first-order chi connectivity index (χ1) is 8.91. The van der Waals surface area contributed by atoms with E-state index in [1.54, 1.807) is 13.0 Å².